The predicted molar refractivity (Wildman–Crippen MR) is 120 cm³/mol. The highest BCUT2D eigenvalue weighted by Crippen LogP contribution is 2.24. The Kier molecular flexibility index (Phi) is 6.28. The molecule has 0 saturated heterocycles. The molecule has 3 aromatic rings. The first kappa shape index (κ1) is 20.2. The normalized spacial score (nSPS) is 12.4. The molecule has 0 spiro atoms. The van der Waals surface area contributed by atoms with Gasteiger partial charge in [-0.05, 0) is 87.4 Å². The molecule has 0 saturated carbocycles. The van der Waals surface area contributed by atoms with Crippen molar-refractivity contribution >= 4 is 46.0 Å². The fourth-order valence-electron chi connectivity index (χ4n) is 2.80. The number of rotatable bonds is 4. The van der Waals surface area contributed by atoms with Crippen LogP contribution in [0.25, 0.3) is 0 Å². The molecule has 1 heterocycles. The van der Waals surface area contributed by atoms with Crippen LogP contribution >= 0.6 is 23.2 Å². The van der Waals surface area contributed by atoms with E-state index in [2.05, 4.69) is 0 Å². The first-order valence-corrected chi connectivity index (χ1v) is 9.70. The summed E-state index contributed by atoms with van der Waals surface area (Å²) in [5.41, 5.74) is 7.12. The first-order chi connectivity index (χ1) is 13.3. The number of aliphatic imine (C=N–C) groups is 2. The van der Waals surface area contributed by atoms with Crippen LogP contribution in [-0.4, -0.2) is 16.4 Å². The van der Waals surface area contributed by atoms with Gasteiger partial charge in [0.15, 0.2) is 0 Å². The van der Waals surface area contributed by atoms with Crippen LogP contribution in [0.1, 0.15) is 36.4 Å². The van der Waals surface area contributed by atoms with Gasteiger partial charge in [0.2, 0.25) is 0 Å². The van der Waals surface area contributed by atoms with Crippen LogP contribution in [0.2, 0.25) is 10.0 Å². The minimum Gasteiger partial charge on any atom is -0.251 e. The molecule has 0 aliphatic heterocycles. The molecule has 0 N–H and O–H groups in total. The summed E-state index contributed by atoms with van der Waals surface area (Å²) in [7, 11) is 0. The largest absolute Gasteiger partial charge is 0.251 e. The second-order valence-corrected chi connectivity index (χ2v) is 7.54. The second kappa shape index (κ2) is 8.68. The standard InChI is InChI=1S/C23H21Cl2N3/c1-14-12-18(24)8-10-20(14)26-16(3)22-6-5-7-23(28-22)17(4)27-21-11-9-19(25)13-15(21)2/h5-13H,1-4H3/b26-16+,27-17+. The summed E-state index contributed by atoms with van der Waals surface area (Å²) >= 11 is 12.1. The molecule has 0 aliphatic carbocycles. The van der Waals surface area contributed by atoms with Crippen LogP contribution in [0.5, 0.6) is 0 Å². The molecule has 5 heteroatoms. The van der Waals surface area contributed by atoms with E-state index in [-0.39, 0.29) is 0 Å². The molecule has 3 rings (SSSR count). The zero-order valence-electron chi connectivity index (χ0n) is 16.3. The fraction of sp³-hybridized carbons (Fsp3) is 0.174. The summed E-state index contributed by atoms with van der Waals surface area (Å²) in [5.74, 6) is 0. The summed E-state index contributed by atoms with van der Waals surface area (Å²) in [6, 6.07) is 17.2. The van der Waals surface area contributed by atoms with Crippen molar-refractivity contribution in [2.45, 2.75) is 27.7 Å². The lowest BCUT2D eigenvalue weighted by atomic mass is 10.1. The Balaban J connectivity index is 1.93. The van der Waals surface area contributed by atoms with Crippen LogP contribution in [0.3, 0.4) is 0 Å². The van der Waals surface area contributed by atoms with Gasteiger partial charge in [-0.25, -0.2) is 4.98 Å². The summed E-state index contributed by atoms with van der Waals surface area (Å²) in [5, 5.41) is 1.41. The van der Waals surface area contributed by atoms with Crippen molar-refractivity contribution in [3.8, 4) is 0 Å². The number of aromatic nitrogens is 1. The Labute approximate surface area is 175 Å². The maximum Gasteiger partial charge on any atom is 0.0849 e. The number of pyridine rings is 1. The summed E-state index contributed by atoms with van der Waals surface area (Å²) in [6.07, 6.45) is 0. The zero-order chi connectivity index (χ0) is 20.3. The molecular weight excluding hydrogens is 389 g/mol. The molecule has 2 aromatic carbocycles. The van der Waals surface area contributed by atoms with E-state index in [9.17, 15) is 0 Å². The van der Waals surface area contributed by atoms with Gasteiger partial charge in [0.25, 0.3) is 0 Å². The number of nitrogens with zero attached hydrogens (tertiary/aromatic N) is 3. The Hall–Kier alpha value is -2.49. The van der Waals surface area contributed by atoms with Gasteiger partial charge in [0.05, 0.1) is 34.2 Å². The van der Waals surface area contributed by atoms with Gasteiger partial charge >= 0.3 is 0 Å². The Morgan fingerprint density at radius 3 is 1.54 bits per heavy atom. The van der Waals surface area contributed by atoms with Crippen LogP contribution in [0, 0.1) is 13.8 Å². The van der Waals surface area contributed by atoms with E-state index in [1.165, 1.54) is 0 Å². The highest BCUT2D eigenvalue weighted by atomic mass is 35.5. The van der Waals surface area contributed by atoms with E-state index < -0.39 is 0 Å². The lowest BCUT2D eigenvalue weighted by molar-refractivity contribution is 1.23. The van der Waals surface area contributed by atoms with Gasteiger partial charge in [0.1, 0.15) is 0 Å². The van der Waals surface area contributed by atoms with E-state index in [1.54, 1.807) is 0 Å². The first-order valence-electron chi connectivity index (χ1n) is 8.94. The number of aryl methyl sites for hydroxylation is 2. The third-order valence-electron chi connectivity index (χ3n) is 4.38. The van der Waals surface area contributed by atoms with Crippen molar-refractivity contribution in [2.75, 3.05) is 0 Å². The summed E-state index contributed by atoms with van der Waals surface area (Å²) in [4.78, 5) is 14.2. The third kappa shape index (κ3) is 4.86. The van der Waals surface area contributed by atoms with E-state index in [0.717, 1.165) is 45.3 Å². The van der Waals surface area contributed by atoms with Gasteiger partial charge in [-0.15, -0.1) is 0 Å². The fourth-order valence-corrected chi connectivity index (χ4v) is 3.26. The number of halogens is 2. The second-order valence-electron chi connectivity index (χ2n) is 6.66. The minimum absolute atomic E-state index is 0.707. The SMILES string of the molecule is C/C(=N\c1ccc(Cl)cc1C)c1cccc(/C(C)=N/c2ccc(Cl)cc2C)n1. The maximum absolute atomic E-state index is 6.03. The molecule has 1 aromatic heterocycles. The Bertz CT molecular complexity index is 1000. The van der Waals surface area contributed by atoms with Gasteiger partial charge < -0.3 is 0 Å². The molecule has 0 radical (unpaired) electrons. The third-order valence-corrected chi connectivity index (χ3v) is 4.85. The molecule has 28 heavy (non-hydrogen) atoms. The molecule has 0 fully saturated rings. The zero-order valence-corrected chi connectivity index (χ0v) is 17.8. The van der Waals surface area contributed by atoms with Gasteiger partial charge in [-0.1, -0.05) is 29.3 Å². The molecule has 0 unspecified atom stereocenters. The van der Waals surface area contributed by atoms with E-state index in [4.69, 9.17) is 38.2 Å². The number of hydrogen-bond donors (Lipinski definition) is 0. The van der Waals surface area contributed by atoms with E-state index in [1.807, 2.05) is 82.3 Å². The lowest BCUT2D eigenvalue weighted by Crippen LogP contribution is -2.05. The average Bonchev–Trinajstić information content (AvgIpc) is 2.66. The van der Waals surface area contributed by atoms with Crippen molar-refractivity contribution in [1.82, 2.24) is 4.98 Å². The highest BCUT2D eigenvalue weighted by molar-refractivity contribution is 6.31. The van der Waals surface area contributed by atoms with Gasteiger partial charge in [0, 0.05) is 10.0 Å². The smallest absolute Gasteiger partial charge is 0.0849 e. The van der Waals surface area contributed by atoms with Crippen molar-refractivity contribution in [3.63, 3.8) is 0 Å². The molecule has 0 bridgehead atoms. The van der Waals surface area contributed by atoms with Crippen molar-refractivity contribution in [1.29, 1.82) is 0 Å². The molecule has 0 aliphatic rings. The van der Waals surface area contributed by atoms with E-state index >= 15 is 0 Å². The van der Waals surface area contributed by atoms with Crippen molar-refractivity contribution in [2.24, 2.45) is 9.98 Å². The van der Waals surface area contributed by atoms with Crippen molar-refractivity contribution < 1.29 is 0 Å². The molecule has 0 amide bonds. The van der Waals surface area contributed by atoms with Crippen LogP contribution in [0.4, 0.5) is 11.4 Å². The molecule has 142 valence electrons. The van der Waals surface area contributed by atoms with Gasteiger partial charge in [-0.2, -0.15) is 0 Å². The predicted octanol–water partition coefficient (Wildman–Crippen LogP) is 7.29. The van der Waals surface area contributed by atoms with Crippen LogP contribution in [0.15, 0.2) is 64.6 Å². The van der Waals surface area contributed by atoms with Crippen LogP contribution < -0.4 is 0 Å². The van der Waals surface area contributed by atoms with Crippen LogP contribution in [-0.2, 0) is 0 Å². The average molecular weight is 410 g/mol. The molecule has 0 atom stereocenters. The number of hydrogen-bond acceptors (Lipinski definition) is 3. The topological polar surface area (TPSA) is 37.6 Å². The Morgan fingerprint density at radius 1 is 0.714 bits per heavy atom. The monoisotopic (exact) mass is 409 g/mol. The quantitative estimate of drug-likeness (QED) is 0.416. The van der Waals surface area contributed by atoms with Gasteiger partial charge in [-0.3, -0.25) is 9.98 Å². The summed E-state index contributed by atoms with van der Waals surface area (Å²) < 4.78 is 0. The molecular formula is C23H21Cl2N3. The van der Waals surface area contributed by atoms with E-state index in [0.29, 0.717) is 10.0 Å². The minimum atomic E-state index is 0.707. The van der Waals surface area contributed by atoms with Crippen molar-refractivity contribution in [3.05, 3.63) is 87.2 Å². The maximum atomic E-state index is 6.03. The molecule has 3 nitrogen and oxygen atoms in total. The lowest BCUT2D eigenvalue weighted by Gasteiger charge is -2.07. The summed E-state index contributed by atoms with van der Waals surface area (Å²) in [6.45, 7) is 7.89. The Morgan fingerprint density at radius 2 is 1.14 bits per heavy atom. The highest BCUT2D eigenvalue weighted by Gasteiger charge is 2.07. The number of benzene rings is 2.